The molecule has 19 heavy (non-hydrogen) atoms. The van der Waals surface area contributed by atoms with E-state index in [1.165, 1.54) is 6.42 Å². The molecule has 0 bridgehead atoms. The molecule has 1 aromatic rings. The first-order chi connectivity index (χ1) is 9.06. The number of benzene rings is 1. The Balaban J connectivity index is 2.15. The number of carbonyl (C=O) groups excluding carboxylic acids is 1. The van der Waals surface area contributed by atoms with Gasteiger partial charge in [0.2, 0.25) is 0 Å². The zero-order chi connectivity index (χ0) is 13.9. The van der Waals surface area contributed by atoms with Crippen LogP contribution < -0.4 is 5.32 Å². The molecule has 0 aromatic heterocycles. The van der Waals surface area contributed by atoms with Crippen molar-refractivity contribution in [1.29, 1.82) is 0 Å². The predicted molar refractivity (Wildman–Crippen MR) is 83.2 cm³/mol. The number of nitrogens with one attached hydrogen (secondary N) is 1. The second-order valence-corrected chi connectivity index (χ2v) is 6.64. The Morgan fingerprint density at radius 3 is 2.58 bits per heavy atom. The lowest BCUT2D eigenvalue weighted by molar-refractivity contribution is 0.0885. The number of carbonyl (C=O) groups is 1. The van der Waals surface area contributed by atoms with Gasteiger partial charge in [0.15, 0.2) is 0 Å². The molecule has 1 N–H and O–H groups in total. The van der Waals surface area contributed by atoms with Crippen LogP contribution in [0.4, 0.5) is 0 Å². The topological polar surface area (TPSA) is 29.1 Å². The molecule has 0 unspecified atom stereocenters. The highest BCUT2D eigenvalue weighted by atomic mass is 79.9. The average Bonchev–Trinajstić information content (AvgIpc) is 2.39. The Morgan fingerprint density at radius 1 is 1.32 bits per heavy atom. The Bertz CT molecular complexity index is 473. The number of hydrogen-bond donors (Lipinski definition) is 1. The molecule has 1 amide bonds. The molecule has 1 aliphatic rings. The highest BCUT2D eigenvalue weighted by Gasteiger charge is 2.33. The summed E-state index contributed by atoms with van der Waals surface area (Å²) in [5.74, 6) is 0.312. The lowest BCUT2D eigenvalue weighted by Crippen LogP contribution is -2.51. The molecule has 2 rings (SSSR count). The number of rotatable bonds is 3. The lowest BCUT2D eigenvalue weighted by Gasteiger charge is -2.36. The Morgan fingerprint density at radius 2 is 2.00 bits per heavy atom. The van der Waals surface area contributed by atoms with Gasteiger partial charge in [-0.1, -0.05) is 46.8 Å². The predicted octanol–water partition coefficient (Wildman–Crippen LogP) is 4.77. The molecule has 104 valence electrons. The number of amides is 1. The summed E-state index contributed by atoms with van der Waals surface area (Å²) in [5.41, 5.74) is 0.229. The van der Waals surface area contributed by atoms with Crippen molar-refractivity contribution in [3.63, 3.8) is 0 Å². The summed E-state index contributed by atoms with van der Waals surface area (Å²) in [4.78, 5) is 12.3. The molecule has 0 saturated heterocycles. The van der Waals surface area contributed by atoms with Crippen molar-refractivity contribution in [3.05, 3.63) is 33.3 Å². The van der Waals surface area contributed by atoms with Crippen LogP contribution >= 0.6 is 39.1 Å². The highest BCUT2D eigenvalue weighted by molar-refractivity contribution is 9.10. The van der Waals surface area contributed by atoms with Crippen LogP contribution in [0.1, 0.15) is 42.5 Å². The normalized spacial score (nSPS) is 18.1. The van der Waals surface area contributed by atoms with Gasteiger partial charge in [0.05, 0.1) is 16.1 Å². The largest absolute Gasteiger partial charge is 0.345 e. The molecule has 0 aliphatic heterocycles. The van der Waals surface area contributed by atoms with E-state index >= 15 is 0 Å². The van der Waals surface area contributed by atoms with Gasteiger partial charge < -0.3 is 5.32 Å². The fraction of sp³-hybridized carbons (Fsp3) is 0.500. The van der Waals surface area contributed by atoms with Crippen LogP contribution in [0.2, 0.25) is 5.02 Å². The zero-order valence-corrected chi connectivity index (χ0v) is 13.6. The van der Waals surface area contributed by atoms with Crippen LogP contribution in [-0.2, 0) is 0 Å². The molecule has 0 radical (unpaired) electrons. The summed E-state index contributed by atoms with van der Waals surface area (Å²) in [6.07, 6.45) is 5.32. The number of alkyl halides is 1. The van der Waals surface area contributed by atoms with Crippen molar-refractivity contribution in [3.8, 4) is 0 Å². The van der Waals surface area contributed by atoms with Gasteiger partial charge in [-0.2, -0.15) is 0 Å². The van der Waals surface area contributed by atoms with E-state index in [2.05, 4.69) is 21.2 Å². The van der Waals surface area contributed by atoms with Gasteiger partial charge in [-0.25, -0.2) is 0 Å². The van der Waals surface area contributed by atoms with Gasteiger partial charge in [0.25, 0.3) is 5.91 Å². The van der Waals surface area contributed by atoms with Crippen LogP contribution in [0.3, 0.4) is 0 Å². The molecule has 1 fully saturated rings. The molecule has 1 aliphatic carbocycles. The van der Waals surface area contributed by atoms with Crippen molar-refractivity contribution < 1.29 is 4.79 Å². The van der Waals surface area contributed by atoms with Gasteiger partial charge >= 0.3 is 0 Å². The standard InChI is InChI=1S/C14H16BrCl2NO/c15-10-4-5-11(12(17)8-10)13(19)18-14(9-16)6-2-1-3-7-14/h4-5,8H,1-3,6-7,9H2,(H,18,19). The SMILES string of the molecule is O=C(NC1(CCl)CCCCC1)c1ccc(Br)cc1Cl. The molecule has 5 heteroatoms. The maximum absolute atomic E-state index is 12.3. The molecule has 2 nitrogen and oxygen atoms in total. The summed E-state index contributed by atoms with van der Waals surface area (Å²) in [6, 6.07) is 5.27. The summed E-state index contributed by atoms with van der Waals surface area (Å²) in [7, 11) is 0. The Kier molecular flexibility index (Phi) is 5.15. The summed E-state index contributed by atoms with van der Waals surface area (Å²) in [6.45, 7) is 0. The van der Waals surface area contributed by atoms with Crippen molar-refractivity contribution in [2.24, 2.45) is 0 Å². The van der Waals surface area contributed by atoms with E-state index in [1.54, 1.807) is 12.1 Å². The maximum Gasteiger partial charge on any atom is 0.253 e. The first-order valence-corrected chi connectivity index (χ1v) is 8.10. The van der Waals surface area contributed by atoms with E-state index in [0.717, 1.165) is 30.2 Å². The monoisotopic (exact) mass is 363 g/mol. The van der Waals surface area contributed by atoms with Gasteiger partial charge in [-0.3, -0.25) is 4.79 Å². The molecule has 0 spiro atoms. The third-order valence-corrected chi connectivity index (χ3v) is 4.94. The molecular weight excluding hydrogens is 349 g/mol. The summed E-state index contributed by atoms with van der Waals surface area (Å²) < 4.78 is 0.860. The van der Waals surface area contributed by atoms with Crippen LogP contribution in [0.15, 0.2) is 22.7 Å². The van der Waals surface area contributed by atoms with Gasteiger partial charge in [-0.15, -0.1) is 11.6 Å². The van der Waals surface area contributed by atoms with Crippen molar-refractivity contribution in [1.82, 2.24) is 5.32 Å². The van der Waals surface area contributed by atoms with Gasteiger partial charge in [0.1, 0.15) is 0 Å². The average molecular weight is 365 g/mol. The van der Waals surface area contributed by atoms with E-state index < -0.39 is 0 Å². The number of hydrogen-bond acceptors (Lipinski definition) is 1. The van der Waals surface area contributed by atoms with Gasteiger partial charge in [0, 0.05) is 10.4 Å². The maximum atomic E-state index is 12.3. The summed E-state index contributed by atoms with van der Waals surface area (Å²) >= 11 is 15.5. The highest BCUT2D eigenvalue weighted by Crippen LogP contribution is 2.30. The molecule has 0 atom stereocenters. The minimum absolute atomic E-state index is 0.139. The molecular formula is C14H16BrCl2NO. The Labute approximate surface area is 132 Å². The zero-order valence-electron chi connectivity index (χ0n) is 10.5. The number of halogens is 3. The van der Waals surface area contributed by atoms with E-state index in [1.807, 2.05) is 6.07 Å². The van der Waals surface area contributed by atoms with E-state index in [0.29, 0.717) is 16.5 Å². The molecule has 0 heterocycles. The Hall–Kier alpha value is -0.250. The van der Waals surface area contributed by atoms with E-state index in [-0.39, 0.29) is 11.4 Å². The van der Waals surface area contributed by atoms with Crippen molar-refractivity contribution in [2.45, 2.75) is 37.6 Å². The van der Waals surface area contributed by atoms with Crippen LogP contribution in [0.5, 0.6) is 0 Å². The molecule has 1 saturated carbocycles. The summed E-state index contributed by atoms with van der Waals surface area (Å²) in [5, 5.41) is 3.54. The smallest absolute Gasteiger partial charge is 0.253 e. The molecule has 1 aromatic carbocycles. The quantitative estimate of drug-likeness (QED) is 0.768. The van der Waals surface area contributed by atoms with E-state index in [4.69, 9.17) is 23.2 Å². The minimum Gasteiger partial charge on any atom is -0.345 e. The minimum atomic E-state index is -0.271. The second kappa shape index (κ2) is 6.47. The van der Waals surface area contributed by atoms with Crippen molar-refractivity contribution >= 4 is 45.0 Å². The first-order valence-electron chi connectivity index (χ1n) is 6.40. The van der Waals surface area contributed by atoms with Gasteiger partial charge in [-0.05, 0) is 31.0 Å². The third-order valence-electron chi connectivity index (χ3n) is 3.62. The van der Waals surface area contributed by atoms with Crippen LogP contribution in [0, 0.1) is 0 Å². The lowest BCUT2D eigenvalue weighted by atomic mass is 9.83. The third kappa shape index (κ3) is 3.65. The fourth-order valence-corrected chi connectivity index (χ4v) is 3.60. The fourth-order valence-electron chi connectivity index (χ4n) is 2.50. The van der Waals surface area contributed by atoms with Crippen molar-refractivity contribution in [2.75, 3.05) is 5.88 Å². The van der Waals surface area contributed by atoms with E-state index in [9.17, 15) is 4.79 Å². The second-order valence-electron chi connectivity index (χ2n) is 5.05. The van der Waals surface area contributed by atoms with Crippen LogP contribution in [-0.4, -0.2) is 17.3 Å². The first kappa shape index (κ1) is 15.1. The van der Waals surface area contributed by atoms with Crippen LogP contribution in [0.25, 0.3) is 0 Å².